The normalized spacial score (nSPS) is 14.6. The third kappa shape index (κ3) is 6.82. The summed E-state index contributed by atoms with van der Waals surface area (Å²) in [6.07, 6.45) is 5.42. The Labute approximate surface area is 162 Å². The number of hydrogen-bond acceptors (Lipinski definition) is 0. The predicted molar refractivity (Wildman–Crippen MR) is 112 cm³/mol. The second-order valence-corrected chi connectivity index (χ2v) is 13.1. The van der Waals surface area contributed by atoms with Gasteiger partial charge in [0.25, 0.3) is 0 Å². The van der Waals surface area contributed by atoms with Gasteiger partial charge in [-0.25, -0.2) is 0 Å². The Morgan fingerprint density at radius 3 is 1.33 bits per heavy atom. The van der Waals surface area contributed by atoms with Crippen LogP contribution in [0.15, 0.2) is 60.7 Å². The molecule has 0 saturated carbocycles. The molecular weight excluding hydrogens is 414 g/mol. The summed E-state index contributed by atoms with van der Waals surface area (Å²) >= 11 is 0.293. The topological polar surface area (TPSA) is 0 Å². The van der Waals surface area contributed by atoms with Crippen molar-refractivity contribution in [2.45, 2.75) is 59.4 Å². The predicted octanol–water partition coefficient (Wildman–Crippen LogP) is 5.78. The molecule has 24 heavy (non-hydrogen) atoms. The summed E-state index contributed by atoms with van der Waals surface area (Å²) < 4.78 is 1.79. The maximum absolute atomic E-state index is 2.35. The van der Waals surface area contributed by atoms with Gasteiger partial charge >= 0.3 is 163 Å². The second kappa shape index (κ2) is 12.0. The molecule has 0 nitrogen and oxygen atoms in total. The molecule has 4 atom stereocenters. The van der Waals surface area contributed by atoms with Gasteiger partial charge in [0.1, 0.15) is 0 Å². The van der Waals surface area contributed by atoms with Gasteiger partial charge in [0.05, 0.1) is 0 Å². The van der Waals surface area contributed by atoms with Crippen LogP contribution in [0.25, 0.3) is 0 Å². The quantitative estimate of drug-likeness (QED) is 0.303. The Kier molecular flexibility index (Phi) is 9.94. The number of benzene rings is 2. The summed E-state index contributed by atoms with van der Waals surface area (Å²) in [5, 5.41) is 3.07. The molecule has 0 aromatic heterocycles. The molecule has 0 radical (unpaired) electrons. The summed E-state index contributed by atoms with van der Waals surface area (Å²) in [7, 11) is 0. The molecular formula is C22H32As2. The minimum absolute atomic E-state index is 0.146. The fourth-order valence-electron chi connectivity index (χ4n) is 3.21. The summed E-state index contributed by atoms with van der Waals surface area (Å²) in [6, 6.07) is 22.6. The van der Waals surface area contributed by atoms with E-state index in [2.05, 4.69) is 74.5 Å². The van der Waals surface area contributed by atoms with E-state index >= 15 is 0 Å². The third-order valence-corrected chi connectivity index (χ3v) is 13.6. The van der Waals surface area contributed by atoms with Gasteiger partial charge in [-0.3, -0.25) is 0 Å². The standard InChI is InChI=1S/C22H32As2/c1-3-11-21(19-13-7-5-8-14-19)23-17-18-24-22(12-4-2)20-15-9-6-10-16-20/h5-10,13-16,21-24H,3-4,11-12,17-18H2,1-2H3. The van der Waals surface area contributed by atoms with Gasteiger partial charge in [-0.1, -0.05) is 0 Å². The zero-order valence-electron chi connectivity index (χ0n) is 15.2. The molecule has 0 spiro atoms. The van der Waals surface area contributed by atoms with Gasteiger partial charge in [-0.2, -0.15) is 0 Å². The first-order chi connectivity index (χ1) is 11.8. The van der Waals surface area contributed by atoms with Crippen LogP contribution in [0.3, 0.4) is 0 Å². The molecule has 0 aliphatic heterocycles. The average molecular weight is 446 g/mol. The number of hydrogen-bond donors (Lipinski definition) is 0. The van der Waals surface area contributed by atoms with E-state index in [1.54, 1.807) is 11.1 Å². The molecule has 130 valence electrons. The van der Waals surface area contributed by atoms with Crippen molar-refractivity contribution in [3.8, 4) is 0 Å². The first-order valence-electron chi connectivity index (χ1n) is 9.41. The Hall–Kier alpha value is -0.443. The van der Waals surface area contributed by atoms with E-state index in [-0.39, 0.29) is 31.5 Å². The van der Waals surface area contributed by atoms with Crippen LogP contribution in [0.5, 0.6) is 0 Å². The fraction of sp³-hybridized carbons (Fsp3) is 0.455. The Morgan fingerprint density at radius 1 is 0.625 bits per heavy atom. The van der Waals surface area contributed by atoms with E-state index in [1.807, 2.05) is 0 Å². The first kappa shape index (κ1) is 19.9. The molecule has 0 aliphatic carbocycles. The van der Waals surface area contributed by atoms with Gasteiger partial charge in [-0.05, 0) is 0 Å². The average Bonchev–Trinajstić information content (AvgIpc) is 2.64. The molecule has 2 rings (SSSR count). The molecule has 0 heterocycles. The van der Waals surface area contributed by atoms with Gasteiger partial charge in [0, 0.05) is 0 Å². The molecule has 0 N–H and O–H groups in total. The van der Waals surface area contributed by atoms with E-state index in [0.717, 1.165) is 9.41 Å². The summed E-state index contributed by atoms with van der Waals surface area (Å²) in [5.41, 5.74) is 3.21. The SMILES string of the molecule is CCCC([AsH]CC[AsH]C(CCC)c1ccccc1)c1ccccc1. The summed E-state index contributed by atoms with van der Waals surface area (Å²) in [5.74, 6) is 0. The zero-order valence-corrected chi connectivity index (χ0v) is 19.4. The van der Waals surface area contributed by atoms with Crippen molar-refractivity contribution in [1.29, 1.82) is 0 Å². The maximum atomic E-state index is 2.35. The van der Waals surface area contributed by atoms with Gasteiger partial charge < -0.3 is 0 Å². The van der Waals surface area contributed by atoms with Crippen molar-refractivity contribution >= 4 is 31.5 Å². The van der Waals surface area contributed by atoms with Crippen molar-refractivity contribution in [3.05, 3.63) is 71.8 Å². The molecule has 2 heteroatoms. The fourth-order valence-corrected chi connectivity index (χ4v) is 12.3. The van der Waals surface area contributed by atoms with Crippen molar-refractivity contribution in [1.82, 2.24) is 0 Å². The van der Waals surface area contributed by atoms with Crippen LogP contribution >= 0.6 is 0 Å². The van der Waals surface area contributed by atoms with Gasteiger partial charge in [0.15, 0.2) is 0 Å². The van der Waals surface area contributed by atoms with Crippen LogP contribution in [0.1, 0.15) is 60.1 Å². The van der Waals surface area contributed by atoms with Crippen LogP contribution in [0.4, 0.5) is 0 Å². The van der Waals surface area contributed by atoms with Crippen LogP contribution in [0, 0.1) is 0 Å². The molecule has 2 aromatic rings. The van der Waals surface area contributed by atoms with E-state index in [4.69, 9.17) is 0 Å². The van der Waals surface area contributed by atoms with Crippen LogP contribution in [0.2, 0.25) is 10.4 Å². The van der Waals surface area contributed by atoms with Crippen molar-refractivity contribution < 1.29 is 0 Å². The molecule has 2 aromatic carbocycles. The van der Waals surface area contributed by atoms with Crippen molar-refractivity contribution in [3.63, 3.8) is 0 Å². The van der Waals surface area contributed by atoms with Crippen LogP contribution in [-0.4, -0.2) is 31.5 Å². The molecule has 0 saturated heterocycles. The minimum atomic E-state index is 0.146. The molecule has 0 amide bonds. The molecule has 0 fully saturated rings. The monoisotopic (exact) mass is 446 g/mol. The first-order valence-corrected chi connectivity index (χ1v) is 14.8. The second-order valence-electron chi connectivity index (χ2n) is 6.41. The van der Waals surface area contributed by atoms with Crippen LogP contribution < -0.4 is 0 Å². The Bertz CT molecular complexity index is 487. The van der Waals surface area contributed by atoms with E-state index in [9.17, 15) is 0 Å². The van der Waals surface area contributed by atoms with Gasteiger partial charge in [-0.15, -0.1) is 0 Å². The third-order valence-electron chi connectivity index (χ3n) is 4.47. The molecule has 4 unspecified atom stereocenters. The Balaban J connectivity index is 1.83. The zero-order chi connectivity index (χ0) is 17.0. The van der Waals surface area contributed by atoms with Crippen molar-refractivity contribution in [2.24, 2.45) is 0 Å². The van der Waals surface area contributed by atoms with E-state index in [1.165, 1.54) is 36.1 Å². The molecule has 0 aliphatic rings. The summed E-state index contributed by atoms with van der Waals surface area (Å²) in [6.45, 7) is 4.67. The van der Waals surface area contributed by atoms with Gasteiger partial charge in [0.2, 0.25) is 0 Å². The van der Waals surface area contributed by atoms with E-state index in [0.29, 0.717) is 0 Å². The van der Waals surface area contributed by atoms with E-state index < -0.39 is 0 Å². The Morgan fingerprint density at radius 2 is 1.00 bits per heavy atom. The number of rotatable bonds is 11. The van der Waals surface area contributed by atoms with Crippen LogP contribution in [-0.2, 0) is 0 Å². The molecule has 0 bridgehead atoms. The van der Waals surface area contributed by atoms with Crippen molar-refractivity contribution in [2.75, 3.05) is 0 Å². The summed E-state index contributed by atoms with van der Waals surface area (Å²) in [4.78, 5) is 0.